The van der Waals surface area contributed by atoms with E-state index in [4.69, 9.17) is 4.74 Å². The molecule has 0 radical (unpaired) electrons. The Labute approximate surface area is 122 Å². The van der Waals surface area contributed by atoms with Crippen molar-refractivity contribution in [1.82, 2.24) is 0 Å². The van der Waals surface area contributed by atoms with E-state index in [2.05, 4.69) is 31.9 Å². The molecule has 0 aliphatic carbocycles. The van der Waals surface area contributed by atoms with E-state index < -0.39 is 0 Å². The summed E-state index contributed by atoms with van der Waals surface area (Å²) in [7, 11) is 0. The molecule has 0 spiro atoms. The highest BCUT2D eigenvalue weighted by Crippen LogP contribution is 2.24. The number of halogens is 2. The van der Waals surface area contributed by atoms with Crippen LogP contribution >= 0.6 is 31.9 Å². The van der Waals surface area contributed by atoms with Crippen LogP contribution in [-0.2, 0) is 0 Å². The Balaban J connectivity index is 2.06. The Morgan fingerprint density at radius 1 is 0.944 bits per heavy atom. The molecule has 2 nitrogen and oxygen atoms in total. The van der Waals surface area contributed by atoms with Gasteiger partial charge in [0, 0.05) is 10.0 Å². The highest BCUT2D eigenvalue weighted by Gasteiger charge is 2.10. The summed E-state index contributed by atoms with van der Waals surface area (Å²) in [6, 6.07) is 14.8. The highest BCUT2D eigenvalue weighted by molar-refractivity contribution is 9.10. The van der Waals surface area contributed by atoms with Gasteiger partial charge in [0.15, 0.2) is 6.61 Å². The average Bonchev–Trinajstić information content (AvgIpc) is 2.38. The van der Waals surface area contributed by atoms with E-state index in [1.807, 2.05) is 42.5 Å². The Bertz CT molecular complexity index is 567. The van der Waals surface area contributed by atoms with Crippen molar-refractivity contribution < 1.29 is 9.53 Å². The minimum Gasteiger partial charge on any atom is -0.484 e. The maximum absolute atomic E-state index is 12.0. The van der Waals surface area contributed by atoms with Crippen molar-refractivity contribution in [2.45, 2.75) is 0 Å². The van der Waals surface area contributed by atoms with Crippen LogP contribution in [0.1, 0.15) is 10.4 Å². The number of para-hydroxylation sites is 1. The molecular formula is C14H10Br2O2. The lowest BCUT2D eigenvalue weighted by Gasteiger charge is -2.08. The standard InChI is InChI=1S/C14H10Br2O2/c15-11-6-2-1-5-10(11)13(17)9-18-14-8-4-3-7-12(14)16/h1-8H,9H2. The molecule has 0 amide bonds. The van der Waals surface area contributed by atoms with Gasteiger partial charge in [-0.2, -0.15) is 0 Å². The molecule has 4 heteroatoms. The predicted octanol–water partition coefficient (Wildman–Crippen LogP) is 4.47. The molecule has 2 aromatic rings. The molecule has 92 valence electrons. The molecule has 0 fully saturated rings. The maximum atomic E-state index is 12.0. The monoisotopic (exact) mass is 368 g/mol. The van der Waals surface area contributed by atoms with Crippen molar-refractivity contribution in [3.05, 3.63) is 63.0 Å². The van der Waals surface area contributed by atoms with Crippen LogP contribution < -0.4 is 4.74 Å². The van der Waals surface area contributed by atoms with Crippen molar-refractivity contribution >= 4 is 37.6 Å². The van der Waals surface area contributed by atoms with Crippen molar-refractivity contribution in [3.63, 3.8) is 0 Å². The maximum Gasteiger partial charge on any atom is 0.201 e. The van der Waals surface area contributed by atoms with Gasteiger partial charge in [-0.3, -0.25) is 4.79 Å². The van der Waals surface area contributed by atoms with Crippen molar-refractivity contribution in [2.75, 3.05) is 6.61 Å². The predicted molar refractivity (Wildman–Crippen MR) is 78.1 cm³/mol. The first-order valence-electron chi connectivity index (χ1n) is 5.33. The number of Topliss-reactive ketones (excluding diaryl/α,β-unsaturated/α-hetero) is 1. The first kappa shape index (κ1) is 13.3. The summed E-state index contributed by atoms with van der Waals surface area (Å²) in [6.45, 7) is 0.0191. The van der Waals surface area contributed by atoms with Gasteiger partial charge in [0.05, 0.1) is 4.47 Å². The van der Waals surface area contributed by atoms with Crippen molar-refractivity contribution in [3.8, 4) is 5.75 Å². The summed E-state index contributed by atoms with van der Waals surface area (Å²) in [5.74, 6) is 0.608. The van der Waals surface area contributed by atoms with E-state index in [1.54, 1.807) is 6.07 Å². The normalized spacial score (nSPS) is 10.1. The Morgan fingerprint density at radius 2 is 1.56 bits per heavy atom. The van der Waals surface area contributed by atoms with Crippen LogP contribution in [0.5, 0.6) is 5.75 Å². The van der Waals surface area contributed by atoms with Crippen LogP contribution in [0.4, 0.5) is 0 Å². The van der Waals surface area contributed by atoms with Crippen LogP contribution in [-0.4, -0.2) is 12.4 Å². The molecule has 18 heavy (non-hydrogen) atoms. The van der Waals surface area contributed by atoms with E-state index in [1.165, 1.54) is 0 Å². The molecule has 0 saturated carbocycles. The van der Waals surface area contributed by atoms with Crippen LogP contribution in [0.25, 0.3) is 0 Å². The summed E-state index contributed by atoms with van der Waals surface area (Å²) in [5, 5.41) is 0. The molecule has 0 atom stereocenters. The molecule has 2 rings (SSSR count). The fraction of sp³-hybridized carbons (Fsp3) is 0.0714. The third kappa shape index (κ3) is 3.21. The number of hydrogen-bond acceptors (Lipinski definition) is 2. The lowest BCUT2D eigenvalue weighted by Crippen LogP contribution is -2.12. The topological polar surface area (TPSA) is 26.3 Å². The number of hydrogen-bond donors (Lipinski definition) is 0. The number of carbonyl (C=O) groups is 1. The third-order valence-corrected chi connectivity index (χ3v) is 3.72. The molecule has 0 bridgehead atoms. The van der Waals surface area contributed by atoms with E-state index >= 15 is 0 Å². The fourth-order valence-electron chi connectivity index (χ4n) is 1.47. The van der Waals surface area contributed by atoms with Gasteiger partial charge in [0.1, 0.15) is 5.75 Å². The Morgan fingerprint density at radius 3 is 2.22 bits per heavy atom. The van der Waals surface area contributed by atoms with E-state index in [0.29, 0.717) is 11.3 Å². The highest BCUT2D eigenvalue weighted by atomic mass is 79.9. The molecule has 0 N–H and O–H groups in total. The van der Waals surface area contributed by atoms with E-state index in [-0.39, 0.29) is 12.4 Å². The molecule has 0 unspecified atom stereocenters. The van der Waals surface area contributed by atoms with Gasteiger partial charge in [-0.15, -0.1) is 0 Å². The first-order chi connectivity index (χ1) is 8.68. The SMILES string of the molecule is O=C(COc1ccccc1Br)c1ccccc1Br. The minimum absolute atomic E-state index is 0.0191. The smallest absolute Gasteiger partial charge is 0.201 e. The van der Waals surface area contributed by atoms with Crippen LogP contribution in [0.3, 0.4) is 0 Å². The number of rotatable bonds is 4. The summed E-state index contributed by atoms with van der Waals surface area (Å²) in [6.07, 6.45) is 0. The fourth-order valence-corrected chi connectivity index (χ4v) is 2.38. The van der Waals surface area contributed by atoms with Crippen molar-refractivity contribution in [2.24, 2.45) is 0 Å². The zero-order valence-corrected chi connectivity index (χ0v) is 12.6. The van der Waals surface area contributed by atoms with Crippen LogP contribution in [0.15, 0.2) is 57.5 Å². The number of carbonyl (C=O) groups excluding carboxylic acids is 1. The third-order valence-electron chi connectivity index (χ3n) is 2.37. The first-order valence-corrected chi connectivity index (χ1v) is 6.92. The quantitative estimate of drug-likeness (QED) is 0.743. The molecule has 2 aromatic carbocycles. The molecule has 0 aromatic heterocycles. The number of benzene rings is 2. The van der Waals surface area contributed by atoms with E-state index in [0.717, 1.165) is 8.95 Å². The zero-order chi connectivity index (χ0) is 13.0. The van der Waals surface area contributed by atoms with Gasteiger partial charge >= 0.3 is 0 Å². The van der Waals surface area contributed by atoms with Gasteiger partial charge in [-0.1, -0.05) is 46.3 Å². The van der Waals surface area contributed by atoms with E-state index in [9.17, 15) is 4.79 Å². The second-order valence-electron chi connectivity index (χ2n) is 3.62. The lowest BCUT2D eigenvalue weighted by atomic mass is 10.1. The molecule has 0 heterocycles. The average molecular weight is 370 g/mol. The molecule has 0 aliphatic rings. The number of ketones is 1. The number of ether oxygens (including phenoxy) is 1. The molecular weight excluding hydrogens is 360 g/mol. The van der Waals surface area contributed by atoms with Crippen molar-refractivity contribution in [1.29, 1.82) is 0 Å². The summed E-state index contributed by atoms with van der Waals surface area (Å²) >= 11 is 6.72. The van der Waals surface area contributed by atoms with Crippen LogP contribution in [0.2, 0.25) is 0 Å². The molecule has 0 saturated heterocycles. The van der Waals surface area contributed by atoms with Gasteiger partial charge in [0.2, 0.25) is 5.78 Å². The van der Waals surface area contributed by atoms with Gasteiger partial charge < -0.3 is 4.74 Å². The van der Waals surface area contributed by atoms with Gasteiger partial charge in [-0.05, 0) is 34.1 Å². The van der Waals surface area contributed by atoms with Gasteiger partial charge in [-0.25, -0.2) is 0 Å². The zero-order valence-electron chi connectivity index (χ0n) is 9.40. The Kier molecular flexibility index (Phi) is 4.55. The second kappa shape index (κ2) is 6.16. The van der Waals surface area contributed by atoms with Crippen LogP contribution in [0, 0.1) is 0 Å². The summed E-state index contributed by atoms with van der Waals surface area (Å²) in [5.41, 5.74) is 0.629. The lowest BCUT2D eigenvalue weighted by molar-refractivity contribution is 0.0920. The minimum atomic E-state index is -0.0572. The van der Waals surface area contributed by atoms with Gasteiger partial charge in [0.25, 0.3) is 0 Å². The second-order valence-corrected chi connectivity index (χ2v) is 5.33. The summed E-state index contributed by atoms with van der Waals surface area (Å²) < 4.78 is 7.11. The Hall–Kier alpha value is -1.13. The summed E-state index contributed by atoms with van der Waals surface area (Å²) in [4.78, 5) is 12.0. The largest absolute Gasteiger partial charge is 0.484 e. The molecule has 0 aliphatic heterocycles.